The Morgan fingerprint density at radius 1 is 0.635 bits per heavy atom. The van der Waals surface area contributed by atoms with Crippen LogP contribution < -0.4 is 47.9 Å². The molecule has 1 saturated heterocycles. The number of nitrogens with one attached hydrogen (secondary N) is 9. The van der Waals surface area contributed by atoms with E-state index in [0.717, 1.165) is 57.9 Å². The molecule has 2 heterocycles. The second-order valence-corrected chi connectivity index (χ2v) is 26.9. The van der Waals surface area contributed by atoms with E-state index in [1.165, 1.54) is 38.9 Å². The standard InChI is InChI=1S/C62H108N12O11/c1-17-18-19-20-21-22-25-43(65-56(81)49-26-23-31-74(49)57(82)48-36-85-42(10)64-48)52(77)66-46(34-40(6)7)54(79)71-61(13,14)59(84)69-45(33-39(4)5)53(78)67-47(35-41(8)9)55(80)72-60(11,12)58(83)68-44(32-38(2)3)51(76)63-30-27-50(75)70-62(28-24-29-62)37-73(15)16/h36,38-41,43-47,49H,17-35,37H2,1-16H3,(H,63,76)(H,65,81)(H,66,77)(H,67,78)(H,68,83)(H,69,84)(H,70,75)(H,71,79)(H,72,80)/t43?,44?,45?,46?,47?,49-/m0/s1. The van der Waals surface area contributed by atoms with Gasteiger partial charge in [0, 0.05) is 33.0 Å². The van der Waals surface area contributed by atoms with Crippen molar-refractivity contribution >= 4 is 59.1 Å². The van der Waals surface area contributed by atoms with Gasteiger partial charge in [-0.25, -0.2) is 4.98 Å². The Bertz CT molecular complexity index is 2400. The van der Waals surface area contributed by atoms with E-state index in [0.29, 0.717) is 31.7 Å². The van der Waals surface area contributed by atoms with Gasteiger partial charge < -0.3 is 62.1 Å². The number of unbranched alkanes of at least 4 members (excludes halogenated alkanes) is 5. The maximum Gasteiger partial charge on any atom is 0.276 e. The SMILES string of the molecule is CCCCCCCCC(NC(=O)[C@@H]1CCCN1C(=O)c1coc(C)n1)C(=O)NC(CC(C)C)C(=O)NC(C)(C)C(=O)NC(CC(C)C)C(=O)NC(CC(C)C)C(=O)NC(C)(C)C(=O)NC(CC(C)C)C(=O)NCCC(=O)NC1(CN(C)C)CCC1. The Morgan fingerprint density at radius 2 is 1.11 bits per heavy atom. The molecule has 0 bridgehead atoms. The fourth-order valence-electron chi connectivity index (χ4n) is 10.8. The highest BCUT2D eigenvalue weighted by atomic mass is 16.3. The molecule has 1 aromatic rings. The van der Waals surface area contributed by atoms with E-state index >= 15 is 0 Å². The van der Waals surface area contributed by atoms with Crippen molar-refractivity contribution in [1.82, 2.24) is 62.6 Å². The normalized spacial score (nSPS) is 16.9. The fraction of sp³-hybridized carbons (Fsp3) is 0.790. The molecule has 3 rings (SSSR count). The summed E-state index contributed by atoms with van der Waals surface area (Å²) >= 11 is 0. The first-order valence-electron chi connectivity index (χ1n) is 31.3. The number of nitrogens with zero attached hydrogens (tertiary/aromatic N) is 3. The molecule has 10 amide bonds. The van der Waals surface area contributed by atoms with Gasteiger partial charge in [-0.1, -0.05) is 101 Å². The highest BCUT2D eigenvalue weighted by molar-refractivity contribution is 6.00. The monoisotopic (exact) mass is 1200 g/mol. The summed E-state index contributed by atoms with van der Waals surface area (Å²) in [6.07, 6.45) is 11.7. The van der Waals surface area contributed by atoms with Crippen LogP contribution in [0.25, 0.3) is 0 Å². The molecule has 5 unspecified atom stereocenters. The number of hydrogen-bond acceptors (Lipinski definition) is 13. The second kappa shape index (κ2) is 34.3. The van der Waals surface area contributed by atoms with E-state index in [4.69, 9.17) is 4.42 Å². The number of amides is 10. The highest BCUT2D eigenvalue weighted by Gasteiger charge is 2.42. The van der Waals surface area contributed by atoms with Gasteiger partial charge in [0.15, 0.2) is 11.6 Å². The van der Waals surface area contributed by atoms with Crippen LogP contribution in [-0.4, -0.2) is 160 Å². The summed E-state index contributed by atoms with van der Waals surface area (Å²) in [5, 5.41) is 25.7. The van der Waals surface area contributed by atoms with Gasteiger partial charge in [0.05, 0.1) is 5.54 Å². The molecule has 23 heteroatoms. The number of likely N-dealkylation sites (N-methyl/N-ethyl adjacent to an activating group) is 1. The Morgan fingerprint density at radius 3 is 1.55 bits per heavy atom. The van der Waals surface area contributed by atoms with Crippen LogP contribution >= 0.6 is 0 Å². The lowest BCUT2D eigenvalue weighted by atomic mass is 9.76. The molecule has 0 aromatic carbocycles. The maximum absolute atomic E-state index is 14.3. The molecular weight excluding hydrogens is 1090 g/mol. The lowest BCUT2D eigenvalue weighted by Crippen LogP contribution is -2.64. The van der Waals surface area contributed by atoms with Crippen LogP contribution in [0.3, 0.4) is 0 Å². The minimum Gasteiger partial charge on any atom is -0.448 e. The van der Waals surface area contributed by atoms with Crippen molar-refractivity contribution in [2.24, 2.45) is 23.7 Å². The zero-order chi connectivity index (χ0) is 64.0. The zero-order valence-corrected chi connectivity index (χ0v) is 54.3. The molecule has 9 N–H and O–H groups in total. The van der Waals surface area contributed by atoms with Crippen LogP contribution in [0.4, 0.5) is 0 Å². The first-order valence-corrected chi connectivity index (χ1v) is 31.3. The van der Waals surface area contributed by atoms with E-state index in [9.17, 15) is 47.9 Å². The average Bonchev–Trinajstić information content (AvgIpc) is 3.66. The van der Waals surface area contributed by atoms with Crippen molar-refractivity contribution in [3.05, 3.63) is 17.8 Å². The zero-order valence-electron chi connectivity index (χ0n) is 54.3. The predicted octanol–water partition coefficient (Wildman–Crippen LogP) is 4.84. The van der Waals surface area contributed by atoms with Crippen LogP contribution in [0.2, 0.25) is 0 Å². The third kappa shape index (κ3) is 24.6. The Labute approximate surface area is 506 Å². The number of aromatic nitrogens is 1. The van der Waals surface area contributed by atoms with Crippen molar-refractivity contribution < 1.29 is 52.4 Å². The molecule has 1 saturated carbocycles. The summed E-state index contributed by atoms with van der Waals surface area (Å²) in [6.45, 7) is 25.8. The molecule has 482 valence electrons. The Balaban J connectivity index is 1.73. The quantitative estimate of drug-likeness (QED) is 0.0404. The van der Waals surface area contributed by atoms with Crippen LogP contribution in [0, 0.1) is 30.6 Å². The maximum atomic E-state index is 14.3. The summed E-state index contributed by atoms with van der Waals surface area (Å²) in [5.41, 5.74) is -3.40. The molecule has 1 aliphatic heterocycles. The topological polar surface area (TPSA) is 311 Å². The first-order chi connectivity index (χ1) is 39.7. The number of carbonyl (C=O) groups excluding carboxylic acids is 10. The van der Waals surface area contributed by atoms with Crippen molar-refractivity contribution in [2.45, 2.75) is 259 Å². The fourth-order valence-corrected chi connectivity index (χ4v) is 10.8. The van der Waals surface area contributed by atoms with Crippen molar-refractivity contribution in [3.63, 3.8) is 0 Å². The second-order valence-electron chi connectivity index (χ2n) is 26.9. The lowest BCUT2D eigenvalue weighted by molar-refractivity contribution is -0.138. The smallest absolute Gasteiger partial charge is 0.276 e. The average molecular weight is 1200 g/mol. The van der Waals surface area contributed by atoms with E-state index in [2.05, 4.69) is 59.8 Å². The van der Waals surface area contributed by atoms with Gasteiger partial charge in [-0.15, -0.1) is 0 Å². The molecule has 6 atom stereocenters. The number of aryl methyl sites for hydroxylation is 1. The van der Waals surface area contributed by atoms with Gasteiger partial charge in [-0.2, -0.15) is 0 Å². The molecule has 0 spiro atoms. The molecule has 2 fully saturated rings. The summed E-state index contributed by atoms with van der Waals surface area (Å²) in [4.78, 5) is 147. The van der Waals surface area contributed by atoms with Gasteiger partial charge in [0.25, 0.3) is 5.91 Å². The number of oxazole rings is 1. The van der Waals surface area contributed by atoms with Gasteiger partial charge in [0.2, 0.25) is 53.2 Å². The van der Waals surface area contributed by atoms with E-state index < -0.39 is 100 Å². The summed E-state index contributed by atoms with van der Waals surface area (Å²) in [7, 11) is 3.92. The molecule has 1 aromatic heterocycles. The predicted molar refractivity (Wildman–Crippen MR) is 326 cm³/mol. The lowest BCUT2D eigenvalue weighted by Gasteiger charge is -2.44. The van der Waals surface area contributed by atoms with Crippen molar-refractivity contribution in [3.8, 4) is 0 Å². The largest absolute Gasteiger partial charge is 0.448 e. The molecule has 0 radical (unpaired) electrons. The number of rotatable bonds is 37. The van der Waals surface area contributed by atoms with Gasteiger partial charge in [-0.3, -0.25) is 47.9 Å². The van der Waals surface area contributed by atoms with E-state index in [1.807, 2.05) is 74.4 Å². The minimum absolute atomic E-state index is 0.00459. The summed E-state index contributed by atoms with van der Waals surface area (Å²) < 4.78 is 5.25. The molecular formula is C62H108N12O11. The highest BCUT2D eigenvalue weighted by Crippen LogP contribution is 2.32. The van der Waals surface area contributed by atoms with Crippen molar-refractivity contribution in [2.75, 3.05) is 33.7 Å². The van der Waals surface area contributed by atoms with Crippen LogP contribution in [0.15, 0.2) is 10.7 Å². The van der Waals surface area contributed by atoms with Crippen LogP contribution in [0.1, 0.15) is 216 Å². The number of hydrogen-bond donors (Lipinski definition) is 9. The van der Waals surface area contributed by atoms with Gasteiger partial charge in [0.1, 0.15) is 53.6 Å². The third-order valence-electron chi connectivity index (χ3n) is 15.5. The molecule has 1 aliphatic carbocycles. The van der Waals surface area contributed by atoms with Crippen LogP contribution in [0.5, 0.6) is 0 Å². The Kier molecular flexibility index (Phi) is 29.5. The Hall–Kier alpha value is -6.13. The van der Waals surface area contributed by atoms with Gasteiger partial charge in [-0.05, 0) is 130 Å². The number of likely N-dealkylation sites (tertiary alicyclic amines) is 1. The van der Waals surface area contributed by atoms with Gasteiger partial charge >= 0.3 is 0 Å². The third-order valence-corrected chi connectivity index (χ3v) is 15.5. The van der Waals surface area contributed by atoms with Crippen molar-refractivity contribution in [1.29, 1.82) is 0 Å². The summed E-state index contributed by atoms with van der Waals surface area (Å²) in [5.74, 6) is -5.56. The minimum atomic E-state index is -1.64. The first kappa shape index (κ1) is 73.1. The van der Waals surface area contributed by atoms with E-state index in [-0.39, 0.29) is 85.9 Å². The summed E-state index contributed by atoms with van der Waals surface area (Å²) in [6, 6.07) is -6.34. The molecule has 23 nitrogen and oxygen atoms in total. The number of carbonyl (C=O) groups is 10. The molecule has 2 aliphatic rings. The van der Waals surface area contributed by atoms with E-state index in [1.54, 1.807) is 6.92 Å². The van der Waals surface area contributed by atoms with Crippen LogP contribution in [-0.2, 0) is 43.2 Å². The molecule has 85 heavy (non-hydrogen) atoms.